The van der Waals surface area contributed by atoms with E-state index >= 15 is 0 Å². The summed E-state index contributed by atoms with van der Waals surface area (Å²) in [6.45, 7) is 3.69. The van der Waals surface area contributed by atoms with Crippen LogP contribution in [0.1, 0.15) is 23.9 Å². The monoisotopic (exact) mass is 277 g/mol. The number of aryl methyl sites for hydroxylation is 1. The number of rotatable bonds is 5. The van der Waals surface area contributed by atoms with Crippen LogP contribution < -0.4 is 5.32 Å². The van der Waals surface area contributed by atoms with Crippen LogP contribution in [-0.4, -0.2) is 9.97 Å². The Morgan fingerprint density at radius 1 is 0.952 bits per heavy atom. The molecule has 106 valence electrons. The van der Waals surface area contributed by atoms with Crippen molar-refractivity contribution in [1.82, 2.24) is 15.3 Å². The van der Waals surface area contributed by atoms with E-state index in [9.17, 15) is 0 Å². The predicted molar refractivity (Wildman–Crippen MR) is 85.9 cm³/mol. The van der Waals surface area contributed by atoms with Gasteiger partial charge in [-0.05, 0) is 30.2 Å². The van der Waals surface area contributed by atoms with Crippen molar-refractivity contribution < 1.29 is 0 Å². The van der Waals surface area contributed by atoms with Crippen molar-refractivity contribution in [3.05, 3.63) is 71.7 Å². The Hall–Kier alpha value is -2.26. The number of pyridine rings is 2. The van der Waals surface area contributed by atoms with E-state index in [1.807, 2.05) is 30.5 Å². The third kappa shape index (κ3) is 3.26. The summed E-state index contributed by atoms with van der Waals surface area (Å²) < 4.78 is 0. The molecule has 0 fully saturated rings. The second kappa shape index (κ2) is 6.46. The fourth-order valence-corrected chi connectivity index (χ4v) is 2.47. The number of hydrogen-bond acceptors (Lipinski definition) is 3. The Kier molecular flexibility index (Phi) is 4.22. The zero-order chi connectivity index (χ0) is 14.5. The number of aromatic nitrogens is 2. The van der Waals surface area contributed by atoms with Crippen molar-refractivity contribution in [2.75, 3.05) is 0 Å². The highest BCUT2D eigenvalue weighted by Gasteiger charge is 2.02. The highest BCUT2D eigenvalue weighted by molar-refractivity contribution is 5.78. The van der Waals surface area contributed by atoms with Crippen LogP contribution in [0.2, 0.25) is 0 Å². The number of fused-ring (bicyclic) bond motifs is 1. The molecule has 0 amide bonds. The normalized spacial score (nSPS) is 10.9. The molecular formula is C18H19N3. The number of nitrogens with zero attached hydrogens (tertiary/aromatic N) is 2. The summed E-state index contributed by atoms with van der Waals surface area (Å²) in [7, 11) is 0. The summed E-state index contributed by atoms with van der Waals surface area (Å²) in [6, 6.07) is 16.5. The van der Waals surface area contributed by atoms with Crippen LogP contribution in [0.5, 0.6) is 0 Å². The summed E-state index contributed by atoms with van der Waals surface area (Å²) in [5.74, 6) is 0. The molecule has 3 rings (SSSR count). The topological polar surface area (TPSA) is 37.8 Å². The largest absolute Gasteiger partial charge is 0.305 e. The molecule has 0 saturated carbocycles. The second-order valence-electron chi connectivity index (χ2n) is 5.06. The van der Waals surface area contributed by atoms with Gasteiger partial charge in [-0.25, -0.2) is 0 Å². The lowest BCUT2D eigenvalue weighted by atomic mass is 10.1. The molecule has 1 aromatic carbocycles. The molecule has 3 aromatic rings. The molecular weight excluding hydrogens is 258 g/mol. The minimum atomic E-state index is 0.755. The molecule has 1 N–H and O–H groups in total. The van der Waals surface area contributed by atoms with E-state index in [0.29, 0.717) is 0 Å². The average Bonchev–Trinajstić information content (AvgIpc) is 2.55. The molecule has 0 bridgehead atoms. The number of hydrogen-bond donors (Lipinski definition) is 1. The van der Waals surface area contributed by atoms with Gasteiger partial charge in [-0.2, -0.15) is 0 Å². The predicted octanol–water partition coefficient (Wildman–Crippen LogP) is 3.48. The molecule has 3 heteroatoms. The van der Waals surface area contributed by atoms with E-state index in [1.54, 1.807) is 0 Å². The summed E-state index contributed by atoms with van der Waals surface area (Å²) in [4.78, 5) is 9.11. The molecule has 0 aliphatic rings. The summed E-state index contributed by atoms with van der Waals surface area (Å²) in [5.41, 5.74) is 4.53. The van der Waals surface area contributed by atoms with Gasteiger partial charge >= 0.3 is 0 Å². The number of nitrogens with one attached hydrogen (secondary N) is 1. The van der Waals surface area contributed by atoms with Gasteiger partial charge in [-0.3, -0.25) is 9.97 Å². The van der Waals surface area contributed by atoms with E-state index in [4.69, 9.17) is 0 Å². The molecule has 0 unspecified atom stereocenters. The standard InChI is InChI=1S/C18H19N3/c1-2-14-7-5-11-20-18(14)13-19-12-16-10-9-15-6-3-4-8-17(15)21-16/h3-11,19H,2,12-13H2,1H3. The first-order valence-electron chi connectivity index (χ1n) is 7.35. The maximum atomic E-state index is 4.67. The van der Waals surface area contributed by atoms with Crippen molar-refractivity contribution in [2.45, 2.75) is 26.4 Å². The Morgan fingerprint density at radius 2 is 1.86 bits per heavy atom. The van der Waals surface area contributed by atoms with Crippen molar-refractivity contribution in [2.24, 2.45) is 0 Å². The fourth-order valence-electron chi connectivity index (χ4n) is 2.47. The molecule has 0 saturated heterocycles. The van der Waals surface area contributed by atoms with Gasteiger partial charge in [0.25, 0.3) is 0 Å². The molecule has 0 atom stereocenters. The minimum absolute atomic E-state index is 0.755. The van der Waals surface area contributed by atoms with Gasteiger partial charge in [0.05, 0.1) is 16.9 Å². The highest BCUT2D eigenvalue weighted by Crippen LogP contribution is 2.12. The Morgan fingerprint density at radius 3 is 2.76 bits per heavy atom. The molecule has 0 radical (unpaired) electrons. The summed E-state index contributed by atoms with van der Waals surface area (Å²) >= 11 is 0. The van der Waals surface area contributed by atoms with Crippen molar-refractivity contribution in [3.63, 3.8) is 0 Å². The maximum Gasteiger partial charge on any atom is 0.0705 e. The molecule has 2 heterocycles. The molecule has 0 aliphatic heterocycles. The van der Waals surface area contributed by atoms with Crippen molar-refractivity contribution in [3.8, 4) is 0 Å². The van der Waals surface area contributed by atoms with Gasteiger partial charge < -0.3 is 5.32 Å². The van der Waals surface area contributed by atoms with Gasteiger partial charge in [0, 0.05) is 24.7 Å². The van der Waals surface area contributed by atoms with E-state index in [1.165, 1.54) is 10.9 Å². The van der Waals surface area contributed by atoms with Crippen LogP contribution >= 0.6 is 0 Å². The number of benzene rings is 1. The van der Waals surface area contributed by atoms with E-state index < -0.39 is 0 Å². The molecule has 3 nitrogen and oxygen atoms in total. The highest BCUT2D eigenvalue weighted by atomic mass is 14.9. The van der Waals surface area contributed by atoms with Crippen LogP contribution in [0.15, 0.2) is 54.7 Å². The summed E-state index contributed by atoms with van der Waals surface area (Å²) in [5, 5.41) is 4.61. The molecule has 2 aromatic heterocycles. The lowest BCUT2D eigenvalue weighted by molar-refractivity contribution is 0.663. The first kappa shape index (κ1) is 13.7. The average molecular weight is 277 g/mol. The zero-order valence-electron chi connectivity index (χ0n) is 12.2. The summed E-state index contributed by atoms with van der Waals surface area (Å²) in [6.07, 6.45) is 2.86. The molecule has 0 aliphatic carbocycles. The molecule has 0 spiro atoms. The third-order valence-electron chi connectivity index (χ3n) is 3.62. The van der Waals surface area contributed by atoms with Gasteiger partial charge in [0.15, 0.2) is 0 Å². The zero-order valence-corrected chi connectivity index (χ0v) is 12.2. The fraction of sp³-hybridized carbons (Fsp3) is 0.222. The number of para-hydroxylation sites is 1. The SMILES string of the molecule is CCc1cccnc1CNCc1ccc2ccccc2n1. The Bertz CT molecular complexity index is 737. The molecule has 21 heavy (non-hydrogen) atoms. The van der Waals surface area contributed by atoms with Crippen molar-refractivity contribution in [1.29, 1.82) is 0 Å². The van der Waals surface area contributed by atoms with Gasteiger partial charge in [-0.15, -0.1) is 0 Å². The lowest BCUT2D eigenvalue weighted by Crippen LogP contribution is -2.15. The third-order valence-corrected chi connectivity index (χ3v) is 3.62. The Labute approximate surface area is 125 Å². The van der Waals surface area contributed by atoms with Crippen LogP contribution in [0.3, 0.4) is 0 Å². The smallest absolute Gasteiger partial charge is 0.0705 e. The first-order valence-corrected chi connectivity index (χ1v) is 7.35. The first-order chi connectivity index (χ1) is 10.4. The quantitative estimate of drug-likeness (QED) is 0.776. The second-order valence-corrected chi connectivity index (χ2v) is 5.06. The van der Waals surface area contributed by atoms with E-state index in [2.05, 4.69) is 46.5 Å². The van der Waals surface area contributed by atoms with Crippen LogP contribution in [0.25, 0.3) is 10.9 Å². The van der Waals surface area contributed by atoms with Crippen LogP contribution in [-0.2, 0) is 19.5 Å². The Balaban J connectivity index is 1.66. The van der Waals surface area contributed by atoms with Crippen molar-refractivity contribution >= 4 is 10.9 Å². The van der Waals surface area contributed by atoms with Crippen LogP contribution in [0.4, 0.5) is 0 Å². The van der Waals surface area contributed by atoms with Gasteiger partial charge in [-0.1, -0.05) is 37.3 Å². The lowest BCUT2D eigenvalue weighted by Gasteiger charge is -2.08. The van der Waals surface area contributed by atoms with Gasteiger partial charge in [0.1, 0.15) is 0 Å². The van der Waals surface area contributed by atoms with Crippen LogP contribution in [0, 0.1) is 0 Å². The van der Waals surface area contributed by atoms with E-state index in [-0.39, 0.29) is 0 Å². The maximum absolute atomic E-state index is 4.67. The van der Waals surface area contributed by atoms with E-state index in [0.717, 1.165) is 36.4 Å². The minimum Gasteiger partial charge on any atom is -0.305 e. The van der Waals surface area contributed by atoms with Gasteiger partial charge in [0.2, 0.25) is 0 Å².